The lowest BCUT2D eigenvalue weighted by Crippen LogP contribution is -2.22. The van der Waals surface area contributed by atoms with Crippen LogP contribution in [0.25, 0.3) is 11.0 Å². The Kier molecular flexibility index (Phi) is 3.12. The lowest BCUT2D eigenvalue weighted by Gasteiger charge is -2.31. The standard InChI is InChI=1S/C18H16BrNO/c19-15-7-3-5-12-10-17(21-18(12)15)16(20)9-13-8-11-4-1-2-6-14(11)13/h1-7,10,13,16H,8-9,20H2. The zero-order valence-electron chi connectivity index (χ0n) is 11.6. The summed E-state index contributed by atoms with van der Waals surface area (Å²) in [6.45, 7) is 0. The van der Waals surface area contributed by atoms with Gasteiger partial charge in [-0.3, -0.25) is 0 Å². The molecule has 0 aliphatic heterocycles. The van der Waals surface area contributed by atoms with Crippen molar-refractivity contribution in [1.29, 1.82) is 0 Å². The van der Waals surface area contributed by atoms with Crippen LogP contribution in [0.2, 0.25) is 0 Å². The number of hydrogen-bond donors (Lipinski definition) is 1. The summed E-state index contributed by atoms with van der Waals surface area (Å²) >= 11 is 3.52. The van der Waals surface area contributed by atoms with Crippen molar-refractivity contribution in [2.45, 2.75) is 24.8 Å². The van der Waals surface area contributed by atoms with Crippen molar-refractivity contribution >= 4 is 26.9 Å². The molecule has 0 saturated heterocycles. The van der Waals surface area contributed by atoms with Crippen molar-refractivity contribution in [1.82, 2.24) is 0 Å². The van der Waals surface area contributed by atoms with Crippen LogP contribution in [0.4, 0.5) is 0 Å². The van der Waals surface area contributed by atoms with Gasteiger partial charge in [0, 0.05) is 5.39 Å². The smallest absolute Gasteiger partial charge is 0.148 e. The maximum atomic E-state index is 6.37. The van der Waals surface area contributed by atoms with E-state index >= 15 is 0 Å². The third-order valence-electron chi connectivity index (χ3n) is 4.38. The van der Waals surface area contributed by atoms with Crippen molar-refractivity contribution in [2.75, 3.05) is 0 Å². The Balaban J connectivity index is 1.57. The first kappa shape index (κ1) is 13.1. The Morgan fingerprint density at radius 3 is 2.86 bits per heavy atom. The van der Waals surface area contributed by atoms with Crippen LogP contribution < -0.4 is 5.73 Å². The summed E-state index contributed by atoms with van der Waals surface area (Å²) in [5, 5.41) is 1.10. The van der Waals surface area contributed by atoms with Gasteiger partial charge in [-0.15, -0.1) is 0 Å². The Hall–Kier alpha value is -1.58. The number of halogens is 1. The van der Waals surface area contributed by atoms with E-state index in [1.807, 2.05) is 12.1 Å². The molecule has 0 saturated carbocycles. The second-order valence-corrected chi connectivity index (χ2v) is 6.60. The molecule has 3 aromatic rings. The lowest BCUT2D eigenvalue weighted by molar-refractivity contribution is 0.429. The summed E-state index contributed by atoms with van der Waals surface area (Å²) < 4.78 is 6.93. The van der Waals surface area contributed by atoms with Crippen molar-refractivity contribution < 1.29 is 4.42 Å². The highest BCUT2D eigenvalue weighted by molar-refractivity contribution is 9.10. The van der Waals surface area contributed by atoms with E-state index in [0.717, 1.165) is 34.0 Å². The number of para-hydroxylation sites is 1. The summed E-state index contributed by atoms with van der Waals surface area (Å²) in [6.07, 6.45) is 2.07. The maximum Gasteiger partial charge on any atom is 0.148 e. The molecule has 1 aliphatic carbocycles. The first-order valence-corrected chi connectivity index (χ1v) is 8.03. The predicted octanol–water partition coefficient (Wildman–Crippen LogP) is 4.93. The van der Waals surface area contributed by atoms with E-state index in [1.165, 1.54) is 11.1 Å². The Morgan fingerprint density at radius 2 is 2.05 bits per heavy atom. The summed E-state index contributed by atoms with van der Waals surface area (Å²) in [5.74, 6) is 1.44. The molecule has 2 nitrogen and oxygen atoms in total. The normalized spacial score (nSPS) is 18.3. The van der Waals surface area contributed by atoms with E-state index < -0.39 is 0 Å². The van der Waals surface area contributed by atoms with Crippen molar-refractivity contribution in [2.24, 2.45) is 5.73 Å². The number of furan rings is 1. The minimum absolute atomic E-state index is 0.0531. The van der Waals surface area contributed by atoms with Crippen LogP contribution in [0, 0.1) is 0 Å². The Bertz CT molecular complexity index is 808. The molecule has 3 heteroatoms. The zero-order chi connectivity index (χ0) is 14.4. The molecule has 2 N–H and O–H groups in total. The van der Waals surface area contributed by atoms with E-state index in [9.17, 15) is 0 Å². The van der Waals surface area contributed by atoms with Crippen LogP contribution in [-0.4, -0.2) is 0 Å². The van der Waals surface area contributed by atoms with Gasteiger partial charge < -0.3 is 10.2 Å². The second kappa shape index (κ2) is 5.00. The largest absolute Gasteiger partial charge is 0.458 e. The van der Waals surface area contributed by atoms with Gasteiger partial charge in [-0.1, -0.05) is 36.4 Å². The van der Waals surface area contributed by atoms with E-state index in [2.05, 4.69) is 52.3 Å². The molecule has 2 unspecified atom stereocenters. The third kappa shape index (κ3) is 2.21. The van der Waals surface area contributed by atoms with Crippen LogP contribution in [-0.2, 0) is 6.42 Å². The molecule has 2 atom stereocenters. The van der Waals surface area contributed by atoms with Crippen LogP contribution in [0.3, 0.4) is 0 Å². The van der Waals surface area contributed by atoms with E-state index in [1.54, 1.807) is 0 Å². The lowest BCUT2D eigenvalue weighted by atomic mass is 9.74. The molecule has 1 heterocycles. The maximum absolute atomic E-state index is 6.37. The summed E-state index contributed by atoms with van der Waals surface area (Å²) in [7, 11) is 0. The summed E-state index contributed by atoms with van der Waals surface area (Å²) in [5.41, 5.74) is 10.2. The van der Waals surface area contributed by atoms with Gasteiger partial charge in [0.15, 0.2) is 0 Å². The first-order valence-electron chi connectivity index (χ1n) is 7.23. The highest BCUT2D eigenvalue weighted by atomic mass is 79.9. The molecule has 1 aliphatic rings. The topological polar surface area (TPSA) is 39.2 Å². The summed E-state index contributed by atoms with van der Waals surface area (Å²) in [6, 6.07) is 16.7. The number of rotatable bonds is 3. The Labute approximate surface area is 132 Å². The molecule has 0 radical (unpaired) electrons. The quantitative estimate of drug-likeness (QED) is 0.733. The fourth-order valence-electron chi connectivity index (χ4n) is 3.23. The molecule has 0 fully saturated rings. The van der Waals surface area contributed by atoms with E-state index in [0.29, 0.717) is 5.92 Å². The highest BCUT2D eigenvalue weighted by Crippen LogP contribution is 2.41. The molecular formula is C18H16BrNO. The number of hydrogen-bond acceptors (Lipinski definition) is 2. The van der Waals surface area contributed by atoms with Crippen molar-refractivity contribution in [3.8, 4) is 0 Å². The van der Waals surface area contributed by atoms with Gasteiger partial charge in [0.1, 0.15) is 11.3 Å². The average molecular weight is 342 g/mol. The first-order chi connectivity index (χ1) is 10.2. The fourth-order valence-corrected chi connectivity index (χ4v) is 3.69. The minimum atomic E-state index is -0.0531. The Morgan fingerprint density at radius 1 is 1.19 bits per heavy atom. The molecular weight excluding hydrogens is 326 g/mol. The van der Waals surface area contributed by atoms with Crippen LogP contribution in [0.5, 0.6) is 0 Å². The number of benzene rings is 2. The van der Waals surface area contributed by atoms with Crippen LogP contribution in [0.15, 0.2) is 57.4 Å². The molecule has 0 amide bonds. The van der Waals surface area contributed by atoms with Crippen LogP contribution >= 0.6 is 15.9 Å². The van der Waals surface area contributed by atoms with Crippen molar-refractivity contribution in [3.05, 3.63) is 69.9 Å². The molecule has 2 aromatic carbocycles. The van der Waals surface area contributed by atoms with Gasteiger partial charge in [-0.25, -0.2) is 0 Å². The van der Waals surface area contributed by atoms with Gasteiger partial charge in [0.2, 0.25) is 0 Å². The summed E-state index contributed by atoms with van der Waals surface area (Å²) in [4.78, 5) is 0. The second-order valence-electron chi connectivity index (χ2n) is 5.75. The van der Waals surface area contributed by atoms with E-state index in [4.69, 9.17) is 10.2 Å². The highest BCUT2D eigenvalue weighted by Gasteiger charge is 2.28. The average Bonchev–Trinajstić information content (AvgIpc) is 2.90. The van der Waals surface area contributed by atoms with Gasteiger partial charge in [0.05, 0.1) is 10.5 Å². The SMILES string of the molecule is NC(CC1Cc2ccccc21)c1cc2cccc(Br)c2o1. The molecule has 106 valence electrons. The van der Waals surface area contributed by atoms with Crippen LogP contribution in [0.1, 0.15) is 35.3 Å². The van der Waals surface area contributed by atoms with E-state index in [-0.39, 0.29) is 6.04 Å². The monoisotopic (exact) mass is 341 g/mol. The third-order valence-corrected chi connectivity index (χ3v) is 5.00. The fraction of sp³-hybridized carbons (Fsp3) is 0.222. The molecule has 0 spiro atoms. The van der Waals surface area contributed by atoms with Crippen molar-refractivity contribution in [3.63, 3.8) is 0 Å². The number of nitrogens with two attached hydrogens (primary N) is 1. The molecule has 4 rings (SSSR count). The van der Waals surface area contributed by atoms with Gasteiger partial charge in [-0.2, -0.15) is 0 Å². The molecule has 1 aromatic heterocycles. The minimum Gasteiger partial charge on any atom is -0.458 e. The zero-order valence-corrected chi connectivity index (χ0v) is 13.1. The molecule has 0 bridgehead atoms. The molecule has 21 heavy (non-hydrogen) atoms. The van der Waals surface area contributed by atoms with Gasteiger partial charge in [-0.05, 0) is 57.9 Å². The number of fused-ring (bicyclic) bond motifs is 2. The van der Waals surface area contributed by atoms with Gasteiger partial charge in [0.25, 0.3) is 0 Å². The predicted molar refractivity (Wildman–Crippen MR) is 88.3 cm³/mol. The van der Waals surface area contributed by atoms with Gasteiger partial charge >= 0.3 is 0 Å².